The van der Waals surface area contributed by atoms with E-state index < -0.39 is 0 Å². The van der Waals surface area contributed by atoms with E-state index in [4.69, 9.17) is 0 Å². The number of nitrogens with one attached hydrogen (secondary N) is 1. The van der Waals surface area contributed by atoms with Gasteiger partial charge in [-0.05, 0) is 56.9 Å². The second-order valence-corrected chi connectivity index (χ2v) is 7.61. The number of rotatable bonds is 3. The SMILES string of the molecule is Cc1cc(-c2nc3cc(F)ccc3n2C)ccc1NC(=O)N1CC(N(C)C)C1. The molecule has 3 aromatic rings. The molecular formula is C21H24FN5O. The van der Waals surface area contributed by atoms with Crippen molar-refractivity contribution < 1.29 is 9.18 Å². The van der Waals surface area contributed by atoms with Crippen LogP contribution in [0.5, 0.6) is 0 Å². The summed E-state index contributed by atoms with van der Waals surface area (Å²) < 4.78 is 15.4. The smallest absolute Gasteiger partial charge is 0.321 e. The number of anilines is 1. The van der Waals surface area contributed by atoms with Gasteiger partial charge in [0.05, 0.1) is 11.0 Å². The number of hydrogen-bond acceptors (Lipinski definition) is 3. The standard InChI is InChI=1S/C21H24FN5O/c1-13-9-14(20-23-18-10-15(22)6-8-19(18)26(20)4)5-7-17(13)24-21(28)27-11-16(12-27)25(2)3/h5-10,16H,11-12H2,1-4H3,(H,24,28). The van der Waals surface area contributed by atoms with Gasteiger partial charge in [-0.1, -0.05) is 0 Å². The van der Waals surface area contributed by atoms with Gasteiger partial charge in [-0.15, -0.1) is 0 Å². The van der Waals surface area contributed by atoms with Crippen LogP contribution in [0.4, 0.5) is 14.9 Å². The van der Waals surface area contributed by atoms with Gasteiger partial charge in [0.1, 0.15) is 11.6 Å². The van der Waals surface area contributed by atoms with E-state index in [0.717, 1.165) is 41.2 Å². The molecule has 0 saturated carbocycles. The van der Waals surface area contributed by atoms with Crippen LogP contribution in [0.15, 0.2) is 36.4 Å². The molecule has 4 rings (SSSR count). The summed E-state index contributed by atoms with van der Waals surface area (Å²) in [4.78, 5) is 20.9. The van der Waals surface area contributed by atoms with Gasteiger partial charge in [0.15, 0.2) is 0 Å². The van der Waals surface area contributed by atoms with Gasteiger partial charge in [0.25, 0.3) is 0 Å². The highest BCUT2D eigenvalue weighted by atomic mass is 19.1. The Hall–Kier alpha value is -2.93. The van der Waals surface area contributed by atoms with E-state index in [1.165, 1.54) is 12.1 Å². The molecule has 2 heterocycles. The summed E-state index contributed by atoms with van der Waals surface area (Å²) in [5, 5.41) is 2.99. The van der Waals surface area contributed by atoms with Crippen molar-refractivity contribution in [3.8, 4) is 11.4 Å². The molecule has 0 spiro atoms. The van der Waals surface area contributed by atoms with Crippen LogP contribution in [-0.4, -0.2) is 58.6 Å². The molecule has 0 radical (unpaired) electrons. The van der Waals surface area contributed by atoms with E-state index >= 15 is 0 Å². The van der Waals surface area contributed by atoms with Gasteiger partial charge in [0, 0.05) is 43.5 Å². The van der Waals surface area contributed by atoms with Crippen LogP contribution in [0.3, 0.4) is 0 Å². The third-order valence-electron chi connectivity index (χ3n) is 5.45. The zero-order chi connectivity index (χ0) is 20.0. The van der Waals surface area contributed by atoms with Crippen molar-refractivity contribution in [2.45, 2.75) is 13.0 Å². The molecule has 0 unspecified atom stereocenters. The van der Waals surface area contributed by atoms with Crippen molar-refractivity contribution in [2.75, 3.05) is 32.5 Å². The van der Waals surface area contributed by atoms with E-state index in [9.17, 15) is 9.18 Å². The zero-order valence-electron chi connectivity index (χ0n) is 16.5. The molecular weight excluding hydrogens is 357 g/mol. The second kappa shape index (κ2) is 6.91. The van der Waals surface area contributed by atoms with Crippen molar-refractivity contribution in [2.24, 2.45) is 7.05 Å². The minimum atomic E-state index is -0.297. The largest absolute Gasteiger partial charge is 0.327 e. The monoisotopic (exact) mass is 381 g/mol. The molecule has 7 heteroatoms. The zero-order valence-corrected chi connectivity index (χ0v) is 16.5. The van der Waals surface area contributed by atoms with Crippen molar-refractivity contribution in [1.82, 2.24) is 19.4 Å². The second-order valence-electron chi connectivity index (χ2n) is 7.61. The van der Waals surface area contributed by atoms with E-state index in [-0.39, 0.29) is 11.8 Å². The Labute approximate surface area is 163 Å². The lowest BCUT2D eigenvalue weighted by atomic mass is 10.1. The van der Waals surface area contributed by atoms with Crippen LogP contribution < -0.4 is 5.32 Å². The number of carbonyl (C=O) groups is 1. The maximum atomic E-state index is 13.5. The molecule has 0 atom stereocenters. The third-order valence-corrected chi connectivity index (χ3v) is 5.45. The number of fused-ring (bicyclic) bond motifs is 1. The molecule has 0 bridgehead atoms. The number of aryl methyl sites for hydroxylation is 2. The summed E-state index contributed by atoms with van der Waals surface area (Å²) in [6, 6.07) is 10.8. The fourth-order valence-corrected chi connectivity index (χ4v) is 3.52. The number of aromatic nitrogens is 2. The summed E-state index contributed by atoms with van der Waals surface area (Å²) in [5.41, 5.74) is 4.16. The lowest BCUT2D eigenvalue weighted by molar-refractivity contribution is 0.0942. The number of benzene rings is 2. The van der Waals surface area contributed by atoms with Crippen molar-refractivity contribution in [1.29, 1.82) is 0 Å². The number of carbonyl (C=O) groups excluding carboxylic acids is 1. The first-order valence-corrected chi connectivity index (χ1v) is 9.29. The summed E-state index contributed by atoms with van der Waals surface area (Å²) in [7, 11) is 5.97. The molecule has 2 amide bonds. The van der Waals surface area contributed by atoms with Gasteiger partial charge in [-0.25, -0.2) is 14.2 Å². The molecule has 1 aliphatic rings. The quantitative estimate of drug-likeness (QED) is 0.756. The van der Waals surface area contributed by atoms with Crippen LogP contribution in [0.2, 0.25) is 0 Å². The molecule has 146 valence electrons. The Morgan fingerprint density at radius 1 is 1.21 bits per heavy atom. The number of hydrogen-bond donors (Lipinski definition) is 1. The molecule has 1 fully saturated rings. The number of likely N-dealkylation sites (tertiary alicyclic amines) is 1. The Bertz CT molecular complexity index is 1050. The Morgan fingerprint density at radius 2 is 1.96 bits per heavy atom. The maximum absolute atomic E-state index is 13.5. The highest BCUT2D eigenvalue weighted by molar-refractivity contribution is 5.91. The van der Waals surface area contributed by atoms with E-state index in [1.54, 1.807) is 11.0 Å². The van der Waals surface area contributed by atoms with Crippen LogP contribution in [0.1, 0.15) is 5.56 Å². The Kier molecular flexibility index (Phi) is 4.55. The van der Waals surface area contributed by atoms with Gasteiger partial charge in [-0.2, -0.15) is 0 Å². The average Bonchev–Trinajstić information content (AvgIpc) is 2.91. The molecule has 28 heavy (non-hydrogen) atoms. The fraction of sp³-hybridized carbons (Fsp3) is 0.333. The fourth-order valence-electron chi connectivity index (χ4n) is 3.52. The van der Waals surface area contributed by atoms with Gasteiger partial charge in [-0.3, -0.25) is 0 Å². The molecule has 1 saturated heterocycles. The number of halogens is 1. The summed E-state index contributed by atoms with van der Waals surface area (Å²) in [6.45, 7) is 3.44. The predicted molar refractivity (Wildman–Crippen MR) is 109 cm³/mol. The van der Waals surface area contributed by atoms with Crippen LogP contribution in [0.25, 0.3) is 22.4 Å². The molecule has 2 aromatic carbocycles. The lowest BCUT2D eigenvalue weighted by Crippen LogP contribution is -2.60. The maximum Gasteiger partial charge on any atom is 0.321 e. The summed E-state index contributed by atoms with van der Waals surface area (Å²) in [6.07, 6.45) is 0. The van der Waals surface area contributed by atoms with E-state index in [0.29, 0.717) is 11.6 Å². The molecule has 6 nitrogen and oxygen atoms in total. The van der Waals surface area contributed by atoms with Gasteiger partial charge in [0.2, 0.25) is 0 Å². The summed E-state index contributed by atoms with van der Waals surface area (Å²) in [5.74, 6) is 0.465. The first-order valence-electron chi connectivity index (χ1n) is 9.29. The molecule has 1 aliphatic heterocycles. The van der Waals surface area contributed by atoms with Crippen LogP contribution in [0, 0.1) is 12.7 Å². The number of likely N-dealkylation sites (N-methyl/N-ethyl adjacent to an activating group) is 1. The normalized spacial score (nSPS) is 14.6. The van der Waals surface area contributed by atoms with E-state index in [1.807, 2.05) is 50.8 Å². The third kappa shape index (κ3) is 3.22. The minimum Gasteiger partial charge on any atom is -0.327 e. The highest BCUT2D eigenvalue weighted by Crippen LogP contribution is 2.28. The Balaban J connectivity index is 1.54. The Morgan fingerprint density at radius 3 is 2.64 bits per heavy atom. The van der Waals surface area contributed by atoms with Crippen LogP contribution >= 0.6 is 0 Å². The van der Waals surface area contributed by atoms with Crippen LogP contribution in [-0.2, 0) is 7.05 Å². The predicted octanol–water partition coefficient (Wildman–Crippen LogP) is 3.47. The van der Waals surface area contributed by atoms with E-state index in [2.05, 4.69) is 15.2 Å². The molecule has 0 aliphatic carbocycles. The van der Waals surface area contributed by atoms with Crippen molar-refractivity contribution in [3.05, 3.63) is 47.8 Å². The molecule has 1 aromatic heterocycles. The van der Waals surface area contributed by atoms with Crippen molar-refractivity contribution in [3.63, 3.8) is 0 Å². The molecule has 1 N–H and O–H groups in total. The van der Waals surface area contributed by atoms with Gasteiger partial charge >= 0.3 is 6.03 Å². The first kappa shape index (κ1) is 18.4. The minimum absolute atomic E-state index is 0.0767. The topological polar surface area (TPSA) is 53.4 Å². The lowest BCUT2D eigenvalue weighted by Gasteiger charge is -2.42. The first-order chi connectivity index (χ1) is 13.3. The average molecular weight is 381 g/mol. The number of nitrogens with zero attached hydrogens (tertiary/aromatic N) is 4. The number of urea groups is 1. The number of amides is 2. The number of imidazole rings is 1. The van der Waals surface area contributed by atoms with Gasteiger partial charge < -0.3 is 19.7 Å². The highest BCUT2D eigenvalue weighted by Gasteiger charge is 2.32. The summed E-state index contributed by atoms with van der Waals surface area (Å²) >= 11 is 0. The van der Waals surface area contributed by atoms with Crippen molar-refractivity contribution >= 4 is 22.8 Å².